The van der Waals surface area contributed by atoms with E-state index in [1.54, 1.807) is 6.20 Å². The number of anilines is 2. The molecule has 0 bridgehead atoms. The summed E-state index contributed by atoms with van der Waals surface area (Å²) in [6, 6.07) is 12.3. The molecule has 1 aromatic heterocycles. The van der Waals surface area contributed by atoms with Crippen LogP contribution in [0.5, 0.6) is 0 Å². The van der Waals surface area contributed by atoms with E-state index in [2.05, 4.69) is 46.1 Å². The molecule has 2 aromatic rings. The molecule has 3 unspecified atom stereocenters. The number of pyridine rings is 1. The normalized spacial score (nSPS) is 25.1. The summed E-state index contributed by atoms with van der Waals surface area (Å²) in [7, 11) is 2.17. The van der Waals surface area contributed by atoms with Crippen LogP contribution in [-0.2, 0) is 26.3 Å². The molecule has 1 aromatic carbocycles. The van der Waals surface area contributed by atoms with Crippen LogP contribution in [0.15, 0.2) is 42.6 Å². The van der Waals surface area contributed by atoms with Crippen LogP contribution in [-0.4, -0.2) is 79.7 Å². The maximum absolute atomic E-state index is 13.5. The minimum atomic E-state index is -1.23. The number of benzene rings is 1. The maximum atomic E-state index is 13.5. The number of hydrogen-bond donors (Lipinski definition) is 1. The maximum Gasteiger partial charge on any atom is 0.230 e. The van der Waals surface area contributed by atoms with Crippen LogP contribution in [0.25, 0.3) is 0 Å². The zero-order valence-corrected chi connectivity index (χ0v) is 23.7. The lowest BCUT2D eigenvalue weighted by molar-refractivity contribution is -0.227. The Morgan fingerprint density at radius 1 is 1.10 bits per heavy atom. The van der Waals surface area contributed by atoms with Gasteiger partial charge in [0.15, 0.2) is 6.29 Å². The van der Waals surface area contributed by atoms with Gasteiger partial charge >= 0.3 is 0 Å². The molecule has 8 heteroatoms. The highest BCUT2D eigenvalue weighted by Crippen LogP contribution is 2.34. The fourth-order valence-electron chi connectivity index (χ4n) is 6.13. The van der Waals surface area contributed by atoms with Crippen LogP contribution < -0.4 is 9.80 Å². The Bertz CT molecular complexity index is 1100. The Morgan fingerprint density at radius 2 is 1.90 bits per heavy atom. The van der Waals surface area contributed by atoms with Crippen LogP contribution in [0.4, 0.5) is 11.4 Å². The summed E-state index contributed by atoms with van der Waals surface area (Å²) in [5.74, 6) is 0.101. The highest BCUT2D eigenvalue weighted by atomic mass is 16.7. The van der Waals surface area contributed by atoms with Crippen molar-refractivity contribution >= 4 is 17.3 Å². The molecule has 4 heterocycles. The molecule has 0 radical (unpaired) electrons. The molecular weight excluding hydrogens is 492 g/mol. The van der Waals surface area contributed by atoms with Gasteiger partial charge in [-0.2, -0.15) is 0 Å². The Kier molecular flexibility index (Phi) is 8.86. The monoisotopic (exact) mass is 536 g/mol. The largest absolute Gasteiger partial charge is 0.381 e. The van der Waals surface area contributed by atoms with Crippen molar-refractivity contribution in [2.75, 3.05) is 56.2 Å². The molecule has 3 saturated heterocycles. The van der Waals surface area contributed by atoms with Gasteiger partial charge < -0.3 is 29.3 Å². The Morgan fingerprint density at radius 3 is 2.59 bits per heavy atom. The van der Waals surface area contributed by atoms with Gasteiger partial charge in [0.1, 0.15) is 5.60 Å². The zero-order valence-electron chi connectivity index (χ0n) is 23.7. The fraction of sp³-hybridized carbons (Fsp3) is 0.613. The molecule has 0 spiro atoms. The van der Waals surface area contributed by atoms with Crippen LogP contribution >= 0.6 is 0 Å². The minimum Gasteiger partial charge on any atom is -0.381 e. The molecule has 4 atom stereocenters. The topological polar surface area (TPSA) is 78.4 Å². The van der Waals surface area contributed by atoms with Crippen molar-refractivity contribution in [3.8, 4) is 0 Å². The number of carbonyl (C=O) groups excluding carboxylic acids is 1. The van der Waals surface area contributed by atoms with E-state index in [1.165, 1.54) is 11.3 Å². The smallest absolute Gasteiger partial charge is 0.230 e. The summed E-state index contributed by atoms with van der Waals surface area (Å²) in [4.78, 5) is 24.8. The van der Waals surface area contributed by atoms with Crippen molar-refractivity contribution < 1.29 is 19.4 Å². The van der Waals surface area contributed by atoms with Crippen LogP contribution in [0.1, 0.15) is 57.2 Å². The Balaban J connectivity index is 1.24. The standard InChI is InChI=1S/C31H44N4O4/c1-4-31(37,23(2)39-29-11-7-8-20-38-29)28-13-12-26(22-32-28)35-15-14-25(30(35)36)21-24-9-5-6-10-27(24)34-18-16-33(3)17-19-34/h5-6,9-10,12-13,22-23,25,29,37H,4,7-8,11,14-21H2,1-3H3/t23-,25?,29?,31?/m0/s1. The average Bonchev–Trinajstić information content (AvgIpc) is 3.33. The van der Waals surface area contributed by atoms with E-state index in [1.807, 2.05) is 30.9 Å². The van der Waals surface area contributed by atoms with Gasteiger partial charge in [-0.25, -0.2) is 0 Å². The lowest BCUT2D eigenvalue weighted by Crippen LogP contribution is -2.44. The van der Waals surface area contributed by atoms with Crippen molar-refractivity contribution in [1.29, 1.82) is 0 Å². The van der Waals surface area contributed by atoms with Crippen molar-refractivity contribution in [3.63, 3.8) is 0 Å². The predicted molar refractivity (Wildman–Crippen MR) is 153 cm³/mol. The summed E-state index contributed by atoms with van der Waals surface area (Å²) in [5.41, 5.74) is 2.61. The third kappa shape index (κ3) is 6.14. The zero-order chi connectivity index (χ0) is 27.4. The van der Waals surface area contributed by atoms with Gasteiger partial charge in [0, 0.05) is 50.9 Å². The number of nitrogens with zero attached hydrogens (tertiary/aromatic N) is 4. The molecule has 1 N–H and O–H groups in total. The summed E-state index contributed by atoms with van der Waals surface area (Å²) in [6.07, 6.45) is 5.96. The molecule has 0 saturated carbocycles. The number of amides is 1. The van der Waals surface area contributed by atoms with Gasteiger partial charge in [-0.3, -0.25) is 9.78 Å². The van der Waals surface area contributed by atoms with Gasteiger partial charge in [-0.15, -0.1) is 0 Å². The molecule has 5 rings (SSSR count). The molecular formula is C31H44N4O4. The number of likely N-dealkylation sites (N-methyl/N-ethyl adjacent to an activating group) is 1. The van der Waals surface area contributed by atoms with E-state index in [0.717, 1.165) is 64.0 Å². The number of piperazine rings is 1. The van der Waals surface area contributed by atoms with Crippen molar-refractivity contribution in [2.24, 2.45) is 5.92 Å². The third-order valence-corrected chi connectivity index (χ3v) is 8.83. The van der Waals surface area contributed by atoms with Crippen LogP contribution in [0, 0.1) is 5.92 Å². The number of ether oxygens (including phenoxy) is 2. The molecule has 3 aliphatic heterocycles. The van der Waals surface area contributed by atoms with Gasteiger partial charge in [0.2, 0.25) is 5.91 Å². The van der Waals surface area contributed by atoms with Crippen LogP contribution in [0.2, 0.25) is 0 Å². The van der Waals surface area contributed by atoms with Gasteiger partial charge in [-0.05, 0) is 76.3 Å². The van der Waals surface area contributed by atoms with E-state index in [-0.39, 0.29) is 18.1 Å². The number of rotatable bonds is 9. The summed E-state index contributed by atoms with van der Waals surface area (Å²) < 4.78 is 11.8. The van der Waals surface area contributed by atoms with Gasteiger partial charge in [-0.1, -0.05) is 25.1 Å². The molecule has 8 nitrogen and oxygen atoms in total. The van der Waals surface area contributed by atoms with E-state index in [0.29, 0.717) is 25.3 Å². The van der Waals surface area contributed by atoms with Gasteiger partial charge in [0.05, 0.1) is 23.7 Å². The first-order chi connectivity index (χ1) is 18.9. The van der Waals surface area contributed by atoms with Crippen molar-refractivity contribution in [3.05, 3.63) is 53.9 Å². The van der Waals surface area contributed by atoms with E-state index in [4.69, 9.17) is 9.47 Å². The Labute approximate surface area is 232 Å². The molecule has 3 fully saturated rings. The highest BCUT2D eigenvalue weighted by molar-refractivity contribution is 5.97. The first-order valence-electron chi connectivity index (χ1n) is 14.7. The lowest BCUT2D eigenvalue weighted by atomic mass is 9.90. The van der Waals surface area contributed by atoms with Crippen molar-refractivity contribution in [1.82, 2.24) is 9.88 Å². The number of carbonyl (C=O) groups is 1. The summed E-state index contributed by atoms with van der Waals surface area (Å²) in [5, 5.41) is 11.5. The second-order valence-electron chi connectivity index (χ2n) is 11.4. The van der Waals surface area contributed by atoms with Crippen LogP contribution in [0.3, 0.4) is 0 Å². The molecule has 0 aliphatic carbocycles. The minimum absolute atomic E-state index is 0.0465. The predicted octanol–water partition coefficient (Wildman–Crippen LogP) is 3.96. The van der Waals surface area contributed by atoms with E-state index < -0.39 is 11.7 Å². The molecule has 3 aliphatic rings. The molecule has 39 heavy (non-hydrogen) atoms. The number of aliphatic hydroxyl groups is 1. The number of hydrogen-bond acceptors (Lipinski definition) is 7. The Hall–Kier alpha value is -2.52. The quantitative estimate of drug-likeness (QED) is 0.520. The average molecular weight is 537 g/mol. The second kappa shape index (κ2) is 12.3. The summed E-state index contributed by atoms with van der Waals surface area (Å²) >= 11 is 0. The van der Waals surface area contributed by atoms with E-state index >= 15 is 0 Å². The first kappa shape index (κ1) is 28.0. The number of aromatic nitrogens is 1. The van der Waals surface area contributed by atoms with Crippen molar-refractivity contribution in [2.45, 2.75) is 70.4 Å². The number of para-hydroxylation sites is 1. The lowest BCUT2D eigenvalue weighted by Gasteiger charge is -2.36. The highest BCUT2D eigenvalue weighted by Gasteiger charge is 2.39. The third-order valence-electron chi connectivity index (χ3n) is 8.83. The second-order valence-corrected chi connectivity index (χ2v) is 11.4. The van der Waals surface area contributed by atoms with Gasteiger partial charge in [0.25, 0.3) is 0 Å². The molecule has 212 valence electrons. The molecule has 1 amide bonds. The SMILES string of the molecule is CCC(O)(c1ccc(N2CCC(Cc3ccccc3N3CCN(C)CC3)C2=O)cn1)[C@H](C)OC1CCCCO1. The first-order valence-corrected chi connectivity index (χ1v) is 14.7. The fourth-order valence-corrected chi connectivity index (χ4v) is 6.13. The van der Waals surface area contributed by atoms with E-state index in [9.17, 15) is 9.90 Å². The summed E-state index contributed by atoms with van der Waals surface area (Å²) in [6.45, 7) is 9.32.